The summed E-state index contributed by atoms with van der Waals surface area (Å²) in [6.07, 6.45) is 1.53. The second-order valence-electron chi connectivity index (χ2n) is 7.13. The van der Waals surface area contributed by atoms with E-state index in [4.69, 9.17) is 5.26 Å². The molecule has 2 bridgehead atoms. The molecule has 1 N–H and O–H groups in total. The monoisotopic (exact) mass is 335 g/mol. The van der Waals surface area contributed by atoms with Crippen LogP contribution in [0, 0.1) is 25.2 Å². The fourth-order valence-electron chi connectivity index (χ4n) is 4.35. The summed E-state index contributed by atoms with van der Waals surface area (Å²) in [5, 5.41) is 18.8. The summed E-state index contributed by atoms with van der Waals surface area (Å²) < 4.78 is 2.05. The molecular formula is C20H21N3O2. The Morgan fingerprint density at radius 1 is 1.28 bits per heavy atom. The molecule has 5 nitrogen and oxygen atoms in total. The van der Waals surface area contributed by atoms with Gasteiger partial charge in [-0.05, 0) is 57.0 Å². The van der Waals surface area contributed by atoms with Crippen molar-refractivity contribution in [3.63, 3.8) is 0 Å². The Bertz CT molecular complexity index is 876. The molecule has 1 aromatic heterocycles. The maximum atomic E-state index is 12.8. The van der Waals surface area contributed by atoms with E-state index in [2.05, 4.69) is 11.0 Å². The highest BCUT2D eigenvalue weighted by molar-refractivity contribution is 5.99. The number of ketones is 1. The first-order chi connectivity index (χ1) is 12.0. The molecule has 2 aromatic rings. The van der Waals surface area contributed by atoms with Gasteiger partial charge in [-0.3, -0.25) is 9.69 Å². The first kappa shape index (κ1) is 16.1. The highest BCUT2D eigenvalue weighted by Crippen LogP contribution is 2.40. The Kier molecular flexibility index (Phi) is 3.75. The minimum atomic E-state index is -0.274. The van der Waals surface area contributed by atoms with E-state index in [-0.39, 0.29) is 17.9 Å². The second kappa shape index (κ2) is 5.83. The second-order valence-corrected chi connectivity index (χ2v) is 7.13. The van der Waals surface area contributed by atoms with Crippen LogP contribution in [0.2, 0.25) is 0 Å². The smallest absolute Gasteiger partial charge is 0.178 e. The van der Waals surface area contributed by atoms with E-state index >= 15 is 0 Å². The third-order valence-corrected chi connectivity index (χ3v) is 5.68. The Balaban J connectivity index is 1.59. The van der Waals surface area contributed by atoms with Gasteiger partial charge in [-0.25, -0.2) is 0 Å². The van der Waals surface area contributed by atoms with Gasteiger partial charge in [0.15, 0.2) is 5.78 Å². The Labute approximate surface area is 147 Å². The first-order valence-corrected chi connectivity index (χ1v) is 8.66. The number of fused-ring (bicyclic) bond motifs is 1. The van der Waals surface area contributed by atoms with Gasteiger partial charge >= 0.3 is 0 Å². The number of hydrogen-bond acceptors (Lipinski definition) is 4. The van der Waals surface area contributed by atoms with Crippen molar-refractivity contribution in [2.24, 2.45) is 0 Å². The van der Waals surface area contributed by atoms with Crippen molar-refractivity contribution in [3.8, 4) is 11.8 Å². The maximum absolute atomic E-state index is 12.8. The molecule has 5 rings (SSSR count). The number of nitriles is 1. The lowest BCUT2D eigenvalue weighted by Gasteiger charge is -2.40. The third-order valence-electron chi connectivity index (χ3n) is 5.68. The average molecular weight is 335 g/mol. The van der Waals surface area contributed by atoms with Crippen molar-refractivity contribution in [3.05, 3.63) is 52.8 Å². The Hall–Kier alpha value is -2.42. The SMILES string of the molecule is Cc1cc(C(=O)CN2C3CC2[C@@H](O)C3)c(C)n1-c1ccc(C#N)cc1. The van der Waals surface area contributed by atoms with E-state index < -0.39 is 0 Å². The van der Waals surface area contributed by atoms with Gasteiger partial charge in [0, 0.05) is 34.7 Å². The van der Waals surface area contributed by atoms with Crippen LogP contribution in [0.15, 0.2) is 30.3 Å². The maximum Gasteiger partial charge on any atom is 0.178 e. The molecule has 0 radical (unpaired) electrons. The fourth-order valence-corrected chi connectivity index (χ4v) is 4.35. The van der Waals surface area contributed by atoms with E-state index in [1.807, 2.05) is 36.6 Å². The molecule has 1 aliphatic carbocycles. The van der Waals surface area contributed by atoms with Gasteiger partial charge in [-0.1, -0.05) is 0 Å². The summed E-state index contributed by atoms with van der Waals surface area (Å²) in [6.45, 7) is 4.32. The predicted molar refractivity (Wildman–Crippen MR) is 93.8 cm³/mol. The van der Waals surface area contributed by atoms with Crippen LogP contribution >= 0.6 is 0 Å². The molecule has 0 amide bonds. The first-order valence-electron chi connectivity index (χ1n) is 8.66. The van der Waals surface area contributed by atoms with E-state index in [0.717, 1.165) is 35.5 Å². The van der Waals surface area contributed by atoms with Crippen LogP contribution < -0.4 is 0 Å². The van der Waals surface area contributed by atoms with Crippen molar-refractivity contribution in [2.45, 2.75) is 44.9 Å². The number of carbonyl (C=O) groups is 1. The van der Waals surface area contributed by atoms with Crippen molar-refractivity contribution in [1.82, 2.24) is 9.47 Å². The molecule has 2 unspecified atom stereocenters. The van der Waals surface area contributed by atoms with Crippen LogP contribution in [0.3, 0.4) is 0 Å². The van der Waals surface area contributed by atoms with Gasteiger partial charge in [0.2, 0.25) is 0 Å². The summed E-state index contributed by atoms with van der Waals surface area (Å²) in [4.78, 5) is 15.0. The van der Waals surface area contributed by atoms with Crippen LogP contribution in [0.5, 0.6) is 0 Å². The summed E-state index contributed by atoms with van der Waals surface area (Å²) in [5.74, 6) is 0.108. The minimum Gasteiger partial charge on any atom is -0.391 e. The molecule has 128 valence electrons. The highest BCUT2D eigenvalue weighted by Gasteiger charge is 2.51. The number of hydrogen-bond donors (Lipinski definition) is 1. The van der Waals surface area contributed by atoms with Gasteiger partial charge in [-0.15, -0.1) is 0 Å². The van der Waals surface area contributed by atoms with Crippen molar-refractivity contribution < 1.29 is 9.90 Å². The largest absolute Gasteiger partial charge is 0.391 e. The number of aryl methyl sites for hydroxylation is 1. The zero-order valence-electron chi connectivity index (χ0n) is 14.4. The zero-order valence-corrected chi connectivity index (χ0v) is 14.4. The van der Waals surface area contributed by atoms with E-state index in [1.165, 1.54) is 0 Å². The van der Waals surface area contributed by atoms with Crippen LogP contribution in [0.1, 0.15) is 40.2 Å². The molecule has 2 saturated heterocycles. The van der Waals surface area contributed by atoms with E-state index in [9.17, 15) is 9.90 Å². The van der Waals surface area contributed by atoms with E-state index in [1.54, 1.807) is 12.1 Å². The van der Waals surface area contributed by atoms with E-state index in [0.29, 0.717) is 18.2 Å². The number of carbonyl (C=O) groups excluding carboxylic acids is 1. The number of aliphatic hydroxyl groups excluding tert-OH is 1. The summed E-state index contributed by atoms with van der Waals surface area (Å²) in [5.41, 5.74) is 4.22. The zero-order chi connectivity index (χ0) is 17.7. The van der Waals surface area contributed by atoms with Crippen LogP contribution in [-0.2, 0) is 0 Å². The highest BCUT2D eigenvalue weighted by atomic mass is 16.3. The van der Waals surface area contributed by atoms with Crippen molar-refractivity contribution in [2.75, 3.05) is 6.54 Å². The van der Waals surface area contributed by atoms with Crippen molar-refractivity contribution in [1.29, 1.82) is 5.26 Å². The van der Waals surface area contributed by atoms with Gasteiger partial charge in [-0.2, -0.15) is 5.26 Å². The molecule has 5 heteroatoms. The lowest BCUT2D eigenvalue weighted by molar-refractivity contribution is 0.0366. The molecule has 3 atom stereocenters. The van der Waals surface area contributed by atoms with Crippen molar-refractivity contribution >= 4 is 5.78 Å². The molecule has 3 heterocycles. The van der Waals surface area contributed by atoms with Crippen LogP contribution in [0.25, 0.3) is 5.69 Å². The molecule has 3 aliphatic rings. The Morgan fingerprint density at radius 2 is 2.00 bits per heavy atom. The van der Waals surface area contributed by atoms with Gasteiger partial charge in [0.1, 0.15) is 0 Å². The minimum absolute atomic E-state index is 0.108. The molecule has 0 spiro atoms. The lowest BCUT2D eigenvalue weighted by atomic mass is 10.0. The van der Waals surface area contributed by atoms with Gasteiger partial charge in [0.25, 0.3) is 0 Å². The Morgan fingerprint density at radius 3 is 2.56 bits per heavy atom. The third kappa shape index (κ3) is 2.50. The fraction of sp³-hybridized carbons (Fsp3) is 0.400. The normalized spacial score (nSPS) is 24.8. The topological polar surface area (TPSA) is 69.3 Å². The van der Waals surface area contributed by atoms with Gasteiger partial charge in [0.05, 0.1) is 24.3 Å². The summed E-state index contributed by atoms with van der Waals surface area (Å²) >= 11 is 0. The summed E-state index contributed by atoms with van der Waals surface area (Å²) in [7, 11) is 0. The molecule has 1 aromatic carbocycles. The average Bonchev–Trinajstić information content (AvgIpc) is 3.22. The number of nitrogens with zero attached hydrogens (tertiary/aromatic N) is 3. The lowest BCUT2D eigenvalue weighted by Crippen LogP contribution is -2.52. The molecular weight excluding hydrogens is 314 g/mol. The molecule has 3 fully saturated rings. The molecule has 25 heavy (non-hydrogen) atoms. The number of aliphatic hydroxyl groups is 1. The molecule has 1 saturated carbocycles. The van der Waals surface area contributed by atoms with Gasteiger partial charge < -0.3 is 9.67 Å². The van der Waals surface area contributed by atoms with Crippen LogP contribution in [0.4, 0.5) is 0 Å². The number of Topliss-reactive ketones (excluding diaryl/α,β-unsaturated/α-hetero) is 1. The van der Waals surface area contributed by atoms with Crippen LogP contribution in [-0.4, -0.2) is 45.1 Å². The quantitative estimate of drug-likeness (QED) is 0.871. The number of rotatable bonds is 4. The summed E-state index contributed by atoms with van der Waals surface area (Å²) in [6, 6.07) is 12.0. The molecule has 2 aliphatic heterocycles. The predicted octanol–water partition coefficient (Wildman–Crippen LogP) is 2.36. The number of aromatic nitrogens is 1. The standard InChI is InChI=1S/C20H21N3O2/c1-12-7-17(20(25)11-22-16-8-18(22)19(24)9-16)13(2)23(12)15-5-3-14(10-21)4-6-15/h3-7,16,18-19,24H,8-9,11H2,1-2H3/t16?,18?,19-/m0/s1. The number of benzene rings is 1.